The van der Waals surface area contributed by atoms with Gasteiger partial charge in [0.05, 0.1) is 5.56 Å². The highest BCUT2D eigenvalue weighted by Gasteiger charge is 2.10. The van der Waals surface area contributed by atoms with Crippen molar-refractivity contribution in [3.8, 4) is 11.4 Å². The number of hydrogen-bond donors (Lipinski definition) is 1. The molecule has 4 rings (SSSR count). The first-order chi connectivity index (χ1) is 12.2. The maximum Gasteiger partial charge on any atom is 0.273 e. The molecule has 0 unspecified atom stereocenters. The Morgan fingerprint density at radius 3 is 2.68 bits per heavy atom. The summed E-state index contributed by atoms with van der Waals surface area (Å²) in [5.74, 6) is -0.381. The third kappa shape index (κ3) is 2.94. The van der Waals surface area contributed by atoms with E-state index in [2.05, 4.69) is 20.4 Å². The summed E-state index contributed by atoms with van der Waals surface area (Å²) < 4.78 is 14.8. The molecule has 0 bridgehead atoms. The van der Waals surface area contributed by atoms with Gasteiger partial charge in [0, 0.05) is 35.7 Å². The first-order valence-corrected chi connectivity index (χ1v) is 7.52. The lowest BCUT2D eigenvalue weighted by molar-refractivity contribution is 0.101. The molecule has 1 aromatic carbocycles. The molecule has 122 valence electrons. The number of benzene rings is 1. The second kappa shape index (κ2) is 6.12. The number of hydrogen-bond acceptors (Lipinski definition) is 4. The Bertz CT molecular complexity index is 1060. The third-order valence-corrected chi connectivity index (χ3v) is 3.67. The van der Waals surface area contributed by atoms with Gasteiger partial charge in [-0.15, -0.1) is 0 Å². The molecule has 0 spiro atoms. The van der Waals surface area contributed by atoms with Crippen LogP contribution in [0.1, 0.15) is 10.4 Å². The number of carbonyl (C=O) groups excluding carboxylic acids is 1. The molecule has 4 aromatic rings. The van der Waals surface area contributed by atoms with E-state index >= 15 is 0 Å². The molecule has 6 nitrogen and oxygen atoms in total. The van der Waals surface area contributed by atoms with E-state index in [9.17, 15) is 9.18 Å². The van der Waals surface area contributed by atoms with Crippen molar-refractivity contribution < 1.29 is 9.18 Å². The molecule has 0 saturated carbocycles. The lowest BCUT2D eigenvalue weighted by atomic mass is 10.2. The van der Waals surface area contributed by atoms with Crippen LogP contribution in [0.3, 0.4) is 0 Å². The van der Waals surface area contributed by atoms with Crippen molar-refractivity contribution in [3.63, 3.8) is 0 Å². The van der Waals surface area contributed by atoms with Gasteiger partial charge in [0.15, 0.2) is 11.5 Å². The highest BCUT2D eigenvalue weighted by molar-refractivity contribution is 6.00. The molecule has 3 heterocycles. The van der Waals surface area contributed by atoms with E-state index in [0.29, 0.717) is 17.0 Å². The molecule has 0 atom stereocenters. The largest absolute Gasteiger partial charge is 0.273 e. The maximum absolute atomic E-state index is 13.3. The molecule has 25 heavy (non-hydrogen) atoms. The van der Waals surface area contributed by atoms with Gasteiger partial charge in [-0.2, -0.15) is 0 Å². The first-order valence-electron chi connectivity index (χ1n) is 7.52. The van der Waals surface area contributed by atoms with Gasteiger partial charge >= 0.3 is 0 Å². The lowest BCUT2D eigenvalue weighted by Crippen LogP contribution is -2.22. The predicted octanol–water partition coefficient (Wildman–Crippen LogP) is 3.02. The molecule has 0 aliphatic carbocycles. The number of nitrogens with one attached hydrogen (secondary N) is 1. The number of halogens is 1. The highest BCUT2D eigenvalue weighted by Crippen LogP contribution is 2.16. The molecular weight excluding hydrogens is 321 g/mol. The fourth-order valence-corrected chi connectivity index (χ4v) is 2.45. The van der Waals surface area contributed by atoms with Gasteiger partial charge < -0.3 is 0 Å². The zero-order valence-electron chi connectivity index (χ0n) is 12.9. The van der Waals surface area contributed by atoms with Gasteiger partial charge in [-0.3, -0.25) is 10.2 Å². The van der Waals surface area contributed by atoms with Gasteiger partial charge in [-0.25, -0.2) is 24.0 Å². The normalized spacial score (nSPS) is 10.8. The van der Waals surface area contributed by atoms with Crippen LogP contribution >= 0.6 is 0 Å². The number of rotatable bonds is 3. The summed E-state index contributed by atoms with van der Waals surface area (Å²) in [5, 5.41) is 0.917. The quantitative estimate of drug-likeness (QED) is 0.625. The van der Waals surface area contributed by atoms with Crippen LogP contribution in [0.15, 0.2) is 67.3 Å². The minimum atomic E-state index is -0.367. The Morgan fingerprint density at radius 1 is 1.04 bits per heavy atom. The molecule has 3 aromatic heterocycles. The molecule has 0 fully saturated rings. The van der Waals surface area contributed by atoms with Gasteiger partial charge in [0.1, 0.15) is 5.82 Å². The average Bonchev–Trinajstić information content (AvgIpc) is 3.05. The van der Waals surface area contributed by atoms with Crippen molar-refractivity contribution in [2.24, 2.45) is 0 Å². The molecule has 0 radical (unpaired) electrons. The smallest absolute Gasteiger partial charge is 0.267 e. The number of carbonyl (C=O) groups is 1. The second-order valence-corrected chi connectivity index (χ2v) is 5.35. The summed E-state index contributed by atoms with van der Waals surface area (Å²) in [6.07, 6.45) is 6.18. The van der Waals surface area contributed by atoms with E-state index in [0.717, 1.165) is 5.39 Å². The molecule has 0 saturated heterocycles. The molecule has 1 amide bonds. The maximum atomic E-state index is 13.3. The van der Waals surface area contributed by atoms with Crippen molar-refractivity contribution in [1.82, 2.24) is 19.6 Å². The Balaban J connectivity index is 1.56. The number of aromatic nitrogens is 4. The van der Waals surface area contributed by atoms with Gasteiger partial charge in [0.25, 0.3) is 5.91 Å². The molecule has 0 aliphatic rings. The first kappa shape index (κ1) is 14.9. The number of nitrogens with zero attached hydrogens (tertiary/aromatic N) is 4. The highest BCUT2D eigenvalue weighted by atomic mass is 19.1. The number of pyridine rings is 1. The molecule has 7 heteroatoms. The Kier molecular flexibility index (Phi) is 3.66. The van der Waals surface area contributed by atoms with Crippen molar-refractivity contribution in [2.45, 2.75) is 0 Å². The Labute approximate surface area is 142 Å². The van der Waals surface area contributed by atoms with Crippen LogP contribution in [-0.4, -0.2) is 25.5 Å². The van der Waals surface area contributed by atoms with Crippen molar-refractivity contribution in [3.05, 3.63) is 78.6 Å². The Hall–Kier alpha value is -3.61. The topological polar surface area (TPSA) is 72.7 Å². The zero-order chi connectivity index (χ0) is 17.2. The van der Waals surface area contributed by atoms with E-state index in [1.54, 1.807) is 24.5 Å². The summed E-state index contributed by atoms with van der Waals surface area (Å²) in [4.78, 5) is 24.9. The standard InChI is InChI=1S/C18H12FN5O/c19-15-5-1-3-13(9-15)16-21-10-14(11-22-16)18(25)23-24-8-6-12-4-2-7-20-17(12)24/h1-11H,(H,23,25). The van der Waals surface area contributed by atoms with Crippen LogP contribution in [-0.2, 0) is 0 Å². The van der Waals surface area contributed by atoms with Crippen LogP contribution in [0, 0.1) is 5.82 Å². The SMILES string of the molecule is O=C(Nn1ccc2cccnc21)c1cnc(-c2cccc(F)c2)nc1. The van der Waals surface area contributed by atoms with Crippen LogP contribution in [0.4, 0.5) is 4.39 Å². The fraction of sp³-hybridized carbons (Fsp3) is 0. The predicted molar refractivity (Wildman–Crippen MR) is 90.9 cm³/mol. The zero-order valence-corrected chi connectivity index (χ0v) is 12.9. The van der Waals surface area contributed by atoms with Crippen molar-refractivity contribution in [1.29, 1.82) is 0 Å². The minimum Gasteiger partial charge on any atom is -0.267 e. The molecule has 0 aliphatic heterocycles. The summed E-state index contributed by atoms with van der Waals surface area (Å²) in [7, 11) is 0. The van der Waals surface area contributed by atoms with Crippen molar-refractivity contribution in [2.75, 3.05) is 5.43 Å². The molecular formula is C18H12FN5O. The minimum absolute atomic E-state index is 0.290. The fourth-order valence-electron chi connectivity index (χ4n) is 2.45. The Morgan fingerprint density at radius 2 is 1.88 bits per heavy atom. The number of amides is 1. The summed E-state index contributed by atoms with van der Waals surface area (Å²) in [6, 6.07) is 11.6. The van der Waals surface area contributed by atoms with Gasteiger partial charge in [-0.05, 0) is 30.3 Å². The van der Waals surface area contributed by atoms with E-state index in [4.69, 9.17) is 0 Å². The van der Waals surface area contributed by atoms with Crippen LogP contribution < -0.4 is 5.43 Å². The number of fused-ring (bicyclic) bond motifs is 1. The van der Waals surface area contributed by atoms with Gasteiger partial charge in [-0.1, -0.05) is 12.1 Å². The van der Waals surface area contributed by atoms with Crippen LogP contribution in [0.25, 0.3) is 22.4 Å². The summed E-state index contributed by atoms with van der Waals surface area (Å²) in [6.45, 7) is 0. The third-order valence-electron chi connectivity index (χ3n) is 3.67. The summed E-state index contributed by atoms with van der Waals surface area (Å²) in [5.41, 5.74) is 4.21. The van der Waals surface area contributed by atoms with Crippen LogP contribution in [0.5, 0.6) is 0 Å². The average molecular weight is 333 g/mol. The van der Waals surface area contributed by atoms with E-state index in [-0.39, 0.29) is 17.3 Å². The van der Waals surface area contributed by atoms with E-state index in [1.807, 2.05) is 18.2 Å². The van der Waals surface area contributed by atoms with Gasteiger partial charge in [0.2, 0.25) is 0 Å². The molecule has 1 N–H and O–H groups in total. The summed E-state index contributed by atoms with van der Waals surface area (Å²) >= 11 is 0. The second-order valence-electron chi connectivity index (χ2n) is 5.35. The van der Waals surface area contributed by atoms with Crippen molar-refractivity contribution >= 4 is 16.9 Å². The lowest BCUT2D eigenvalue weighted by Gasteiger charge is -2.07. The van der Waals surface area contributed by atoms with Crippen LogP contribution in [0.2, 0.25) is 0 Å². The van der Waals surface area contributed by atoms with E-state index < -0.39 is 0 Å². The monoisotopic (exact) mass is 333 g/mol. The van der Waals surface area contributed by atoms with E-state index in [1.165, 1.54) is 29.2 Å².